The van der Waals surface area contributed by atoms with Crippen molar-refractivity contribution in [2.45, 2.75) is 57.7 Å². The maximum atomic E-state index is 12.0. The fourth-order valence-corrected chi connectivity index (χ4v) is 2.91. The summed E-state index contributed by atoms with van der Waals surface area (Å²) >= 11 is 0. The van der Waals surface area contributed by atoms with Gasteiger partial charge in [0.25, 0.3) is 0 Å². The Kier molecular flexibility index (Phi) is 7.92. The molecule has 1 aliphatic rings. The van der Waals surface area contributed by atoms with Crippen LogP contribution in [-0.4, -0.2) is 36.5 Å². The molecule has 1 saturated carbocycles. The summed E-state index contributed by atoms with van der Waals surface area (Å²) in [7, 11) is 0. The molecule has 0 aromatic heterocycles. The topological polar surface area (TPSA) is 99.3 Å². The quantitative estimate of drug-likeness (QED) is 0.564. The van der Waals surface area contributed by atoms with Gasteiger partial charge in [0.2, 0.25) is 11.8 Å². The van der Waals surface area contributed by atoms with Gasteiger partial charge in [0, 0.05) is 25.6 Å². The number of urea groups is 1. The predicted octanol–water partition coefficient (Wildman–Crippen LogP) is 1.44. The maximum Gasteiger partial charge on any atom is 0.315 e. The van der Waals surface area contributed by atoms with Crippen LogP contribution < -0.4 is 21.3 Å². The van der Waals surface area contributed by atoms with Crippen molar-refractivity contribution in [2.75, 3.05) is 6.54 Å². The molecule has 1 atom stereocenters. The third-order valence-corrected chi connectivity index (χ3v) is 4.41. The molecule has 2 rings (SSSR count). The molecular formula is C19H28N4O3. The first-order valence-electron chi connectivity index (χ1n) is 9.20. The number of benzene rings is 1. The molecule has 0 saturated heterocycles. The number of carbonyl (C=O) groups is 3. The van der Waals surface area contributed by atoms with Gasteiger partial charge >= 0.3 is 6.03 Å². The third-order valence-electron chi connectivity index (χ3n) is 4.41. The van der Waals surface area contributed by atoms with Gasteiger partial charge in [-0.05, 0) is 25.3 Å². The molecule has 0 spiro atoms. The lowest BCUT2D eigenvalue weighted by atomic mass is 10.2. The van der Waals surface area contributed by atoms with E-state index in [2.05, 4.69) is 21.3 Å². The van der Waals surface area contributed by atoms with E-state index in [9.17, 15) is 14.4 Å². The van der Waals surface area contributed by atoms with E-state index in [1.807, 2.05) is 30.3 Å². The lowest BCUT2D eigenvalue weighted by Crippen LogP contribution is -2.48. The van der Waals surface area contributed by atoms with Gasteiger partial charge in [0.1, 0.15) is 6.04 Å². The number of hydrogen-bond donors (Lipinski definition) is 4. The molecular weight excluding hydrogens is 332 g/mol. The van der Waals surface area contributed by atoms with E-state index >= 15 is 0 Å². The maximum absolute atomic E-state index is 12.0. The molecule has 7 nitrogen and oxygen atoms in total. The molecule has 4 amide bonds. The first-order chi connectivity index (χ1) is 12.5. The van der Waals surface area contributed by atoms with E-state index in [1.165, 1.54) is 0 Å². The molecule has 26 heavy (non-hydrogen) atoms. The van der Waals surface area contributed by atoms with E-state index < -0.39 is 12.1 Å². The highest BCUT2D eigenvalue weighted by Crippen LogP contribution is 2.17. The van der Waals surface area contributed by atoms with E-state index in [-0.39, 0.29) is 30.8 Å². The summed E-state index contributed by atoms with van der Waals surface area (Å²) in [6, 6.07) is 8.72. The van der Waals surface area contributed by atoms with Crippen LogP contribution in [0.2, 0.25) is 0 Å². The van der Waals surface area contributed by atoms with Gasteiger partial charge in [-0.25, -0.2) is 4.79 Å². The average molecular weight is 360 g/mol. The van der Waals surface area contributed by atoms with Gasteiger partial charge in [-0.3, -0.25) is 9.59 Å². The minimum Gasteiger partial charge on any atom is -0.353 e. The van der Waals surface area contributed by atoms with Crippen molar-refractivity contribution >= 4 is 17.8 Å². The van der Waals surface area contributed by atoms with Gasteiger partial charge in [0.05, 0.1) is 0 Å². The van der Waals surface area contributed by atoms with Crippen LogP contribution in [-0.2, 0) is 16.1 Å². The Hall–Kier alpha value is -2.57. The summed E-state index contributed by atoms with van der Waals surface area (Å²) in [5.41, 5.74) is 0.991. The minimum absolute atomic E-state index is 0.0501. The van der Waals surface area contributed by atoms with Crippen molar-refractivity contribution in [1.29, 1.82) is 0 Å². The summed E-state index contributed by atoms with van der Waals surface area (Å²) in [6.45, 7) is 2.27. The van der Waals surface area contributed by atoms with Gasteiger partial charge in [0.15, 0.2) is 0 Å². The summed E-state index contributed by atoms with van der Waals surface area (Å²) in [5.74, 6) is -0.311. The highest BCUT2D eigenvalue weighted by molar-refractivity contribution is 5.86. The number of hydrogen-bond acceptors (Lipinski definition) is 3. The van der Waals surface area contributed by atoms with E-state index in [0.717, 1.165) is 31.2 Å². The first-order valence-corrected chi connectivity index (χ1v) is 9.20. The van der Waals surface area contributed by atoms with Crippen LogP contribution in [0, 0.1) is 0 Å². The molecule has 7 heteroatoms. The van der Waals surface area contributed by atoms with Gasteiger partial charge < -0.3 is 21.3 Å². The second-order valence-corrected chi connectivity index (χ2v) is 6.62. The molecule has 142 valence electrons. The second-order valence-electron chi connectivity index (χ2n) is 6.62. The lowest BCUT2D eigenvalue weighted by molar-refractivity contribution is -0.123. The molecule has 1 aromatic rings. The van der Waals surface area contributed by atoms with Crippen molar-refractivity contribution < 1.29 is 14.4 Å². The highest BCUT2D eigenvalue weighted by atomic mass is 16.2. The van der Waals surface area contributed by atoms with E-state index in [1.54, 1.807) is 6.92 Å². The minimum atomic E-state index is -0.661. The molecule has 1 aliphatic carbocycles. The zero-order chi connectivity index (χ0) is 18.8. The third kappa shape index (κ3) is 7.13. The summed E-state index contributed by atoms with van der Waals surface area (Å²) in [5, 5.41) is 10.9. The Morgan fingerprint density at radius 1 is 1.08 bits per heavy atom. The summed E-state index contributed by atoms with van der Waals surface area (Å²) < 4.78 is 0. The van der Waals surface area contributed by atoms with Crippen LogP contribution in [0.3, 0.4) is 0 Å². The van der Waals surface area contributed by atoms with Crippen molar-refractivity contribution in [2.24, 2.45) is 0 Å². The van der Waals surface area contributed by atoms with Crippen molar-refractivity contribution in [3.8, 4) is 0 Å². The molecule has 0 aliphatic heterocycles. The SMILES string of the molecule is CC(NC(=O)NCCC(=O)NC1CCCC1)C(=O)NCc1ccccc1. The zero-order valence-corrected chi connectivity index (χ0v) is 15.2. The Labute approximate surface area is 154 Å². The van der Waals surface area contributed by atoms with Gasteiger partial charge in [-0.1, -0.05) is 43.2 Å². The Morgan fingerprint density at radius 2 is 1.77 bits per heavy atom. The number of nitrogens with one attached hydrogen (secondary N) is 4. The fraction of sp³-hybridized carbons (Fsp3) is 0.526. The van der Waals surface area contributed by atoms with Crippen LogP contribution in [0.15, 0.2) is 30.3 Å². The fourth-order valence-electron chi connectivity index (χ4n) is 2.91. The second kappa shape index (κ2) is 10.4. The predicted molar refractivity (Wildman–Crippen MR) is 99.3 cm³/mol. The molecule has 0 bridgehead atoms. The van der Waals surface area contributed by atoms with Crippen molar-refractivity contribution in [3.05, 3.63) is 35.9 Å². The zero-order valence-electron chi connectivity index (χ0n) is 15.2. The number of carbonyl (C=O) groups excluding carboxylic acids is 3. The van der Waals surface area contributed by atoms with Crippen LogP contribution in [0.25, 0.3) is 0 Å². The smallest absolute Gasteiger partial charge is 0.315 e. The molecule has 4 N–H and O–H groups in total. The molecule has 0 heterocycles. The molecule has 1 aromatic carbocycles. The van der Waals surface area contributed by atoms with E-state index in [0.29, 0.717) is 6.54 Å². The van der Waals surface area contributed by atoms with Crippen molar-refractivity contribution in [3.63, 3.8) is 0 Å². The van der Waals surface area contributed by atoms with E-state index in [4.69, 9.17) is 0 Å². The Bertz CT molecular complexity index is 600. The van der Waals surface area contributed by atoms with Gasteiger partial charge in [-0.2, -0.15) is 0 Å². The van der Waals surface area contributed by atoms with Crippen LogP contribution in [0.5, 0.6) is 0 Å². The van der Waals surface area contributed by atoms with Crippen LogP contribution >= 0.6 is 0 Å². The molecule has 1 fully saturated rings. The molecule has 0 radical (unpaired) electrons. The monoisotopic (exact) mass is 360 g/mol. The average Bonchev–Trinajstić information content (AvgIpc) is 3.13. The Morgan fingerprint density at radius 3 is 2.46 bits per heavy atom. The number of rotatable bonds is 8. The summed E-state index contributed by atoms with van der Waals surface area (Å²) in [4.78, 5) is 35.6. The lowest BCUT2D eigenvalue weighted by Gasteiger charge is -2.15. The first kappa shape index (κ1) is 19.8. The van der Waals surface area contributed by atoms with Crippen LogP contribution in [0.4, 0.5) is 4.79 Å². The standard InChI is InChI=1S/C19H28N4O3/c1-14(18(25)21-13-15-7-3-2-4-8-15)22-19(26)20-12-11-17(24)23-16-9-5-6-10-16/h2-4,7-8,14,16H,5-6,9-13H2,1H3,(H,21,25)(H,23,24)(H2,20,22,26). The normalized spacial score (nSPS) is 15.1. The van der Waals surface area contributed by atoms with Crippen LogP contribution in [0.1, 0.15) is 44.6 Å². The largest absolute Gasteiger partial charge is 0.353 e. The molecule has 1 unspecified atom stereocenters. The Balaban J connectivity index is 1.58. The highest BCUT2D eigenvalue weighted by Gasteiger charge is 2.17. The van der Waals surface area contributed by atoms with Crippen molar-refractivity contribution in [1.82, 2.24) is 21.3 Å². The van der Waals surface area contributed by atoms with Gasteiger partial charge in [-0.15, -0.1) is 0 Å². The summed E-state index contributed by atoms with van der Waals surface area (Å²) in [6.07, 6.45) is 4.63. The number of amides is 4.